The van der Waals surface area contributed by atoms with Crippen LogP contribution in [0.1, 0.15) is 16.1 Å². The fourth-order valence-corrected chi connectivity index (χ4v) is 1.36. The van der Waals surface area contributed by atoms with Crippen LogP contribution in [-0.2, 0) is 4.79 Å². The molecule has 0 aromatic carbocycles. The van der Waals surface area contributed by atoms with Crippen LogP contribution in [-0.4, -0.2) is 46.9 Å². The van der Waals surface area contributed by atoms with Gasteiger partial charge in [0.1, 0.15) is 5.69 Å². The third-order valence-electron chi connectivity index (χ3n) is 2.21. The van der Waals surface area contributed by atoms with E-state index in [1.165, 1.54) is 31.5 Å². The second-order valence-corrected chi connectivity index (χ2v) is 3.69. The van der Waals surface area contributed by atoms with Gasteiger partial charge in [-0.15, -0.1) is 0 Å². The number of amides is 1. The molecule has 0 radical (unpaired) electrons. The van der Waals surface area contributed by atoms with Crippen LogP contribution in [0, 0.1) is 0 Å². The van der Waals surface area contributed by atoms with Crippen LogP contribution in [0.2, 0.25) is 0 Å². The molecular formula is C12H12F2N2O3. The second kappa shape index (κ2) is 6.58. The minimum Gasteiger partial charge on any atom is -0.478 e. The molecule has 0 aliphatic carbocycles. The van der Waals surface area contributed by atoms with E-state index in [0.29, 0.717) is 0 Å². The Hall–Kier alpha value is -2.31. The van der Waals surface area contributed by atoms with E-state index in [1.807, 2.05) is 0 Å². The molecule has 0 unspecified atom stereocenters. The second-order valence-electron chi connectivity index (χ2n) is 3.69. The molecule has 0 fully saturated rings. The van der Waals surface area contributed by atoms with Crippen molar-refractivity contribution < 1.29 is 23.5 Å². The molecule has 0 aliphatic heterocycles. The number of hydrogen-bond donors (Lipinski definition) is 1. The highest BCUT2D eigenvalue weighted by Crippen LogP contribution is 2.11. The smallest absolute Gasteiger partial charge is 0.328 e. The van der Waals surface area contributed by atoms with Crippen molar-refractivity contribution >= 4 is 18.0 Å². The summed E-state index contributed by atoms with van der Waals surface area (Å²) in [5.74, 6) is -1.87. The number of nitrogens with zero attached hydrogens (tertiary/aromatic N) is 2. The number of rotatable bonds is 5. The molecule has 7 heteroatoms. The zero-order valence-electron chi connectivity index (χ0n) is 10.1. The number of carboxylic acids is 1. The largest absolute Gasteiger partial charge is 0.478 e. The average molecular weight is 270 g/mol. The molecule has 0 atom stereocenters. The number of halogens is 2. The molecule has 102 valence electrons. The molecule has 0 bridgehead atoms. The summed E-state index contributed by atoms with van der Waals surface area (Å²) in [6.07, 6.45) is 0.733. The van der Waals surface area contributed by atoms with E-state index in [1.54, 1.807) is 0 Å². The number of aliphatic carboxylic acids is 1. The Morgan fingerprint density at radius 3 is 2.79 bits per heavy atom. The van der Waals surface area contributed by atoms with Crippen molar-refractivity contribution in [1.82, 2.24) is 9.88 Å². The highest BCUT2D eigenvalue weighted by atomic mass is 19.3. The maximum Gasteiger partial charge on any atom is 0.328 e. The molecule has 19 heavy (non-hydrogen) atoms. The van der Waals surface area contributed by atoms with Gasteiger partial charge < -0.3 is 10.0 Å². The molecule has 1 N–H and O–H groups in total. The van der Waals surface area contributed by atoms with E-state index < -0.39 is 24.8 Å². The molecule has 0 saturated heterocycles. The van der Waals surface area contributed by atoms with Crippen molar-refractivity contribution in [2.45, 2.75) is 6.43 Å². The van der Waals surface area contributed by atoms with Crippen molar-refractivity contribution in [3.63, 3.8) is 0 Å². The standard InChI is InChI=1S/C12H12F2N2O3/c1-16(7-9(13)14)12(19)11-8(3-2-6-15-11)4-5-10(17)18/h2-6,9H,7H2,1H3,(H,17,18)/b5-4+. The van der Waals surface area contributed by atoms with Gasteiger partial charge >= 0.3 is 5.97 Å². The number of pyridine rings is 1. The first-order valence-corrected chi connectivity index (χ1v) is 5.31. The average Bonchev–Trinajstić information content (AvgIpc) is 2.35. The lowest BCUT2D eigenvalue weighted by atomic mass is 10.1. The summed E-state index contributed by atoms with van der Waals surface area (Å²) in [6, 6.07) is 3.00. The van der Waals surface area contributed by atoms with Crippen LogP contribution in [0.5, 0.6) is 0 Å². The summed E-state index contributed by atoms with van der Waals surface area (Å²) in [6.45, 7) is -0.711. The molecule has 0 spiro atoms. The zero-order valence-corrected chi connectivity index (χ0v) is 10.1. The number of aromatic nitrogens is 1. The zero-order chi connectivity index (χ0) is 14.4. The predicted molar refractivity (Wildman–Crippen MR) is 63.9 cm³/mol. The summed E-state index contributed by atoms with van der Waals surface area (Å²) < 4.78 is 24.4. The van der Waals surface area contributed by atoms with Crippen LogP contribution in [0.25, 0.3) is 6.08 Å². The van der Waals surface area contributed by atoms with E-state index in [0.717, 1.165) is 11.0 Å². The van der Waals surface area contributed by atoms with Crippen LogP contribution >= 0.6 is 0 Å². The molecule has 1 heterocycles. The van der Waals surface area contributed by atoms with Gasteiger partial charge in [-0.2, -0.15) is 0 Å². The highest BCUT2D eigenvalue weighted by molar-refractivity contribution is 5.97. The summed E-state index contributed by atoms with van der Waals surface area (Å²) in [4.78, 5) is 27.0. The Labute approximate surface area is 108 Å². The van der Waals surface area contributed by atoms with Crippen LogP contribution in [0.4, 0.5) is 8.78 Å². The van der Waals surface area contributed by atoms with Crippen molar-refractivity contribution in [2.24, 2.45) is 0 Å². The third-order valence-corrected chi connectivity index (χ3v) is 2.21. The van der Waals surface area contributed by atoms with Gasteiger partial charge in [0.25, 0.3) is 12.3 Å². The van der Waals surface area contributed by atoms with E-state index in [4.69, 9.17) is 5.11 Å². The van der Waals surface area contributed by atoms with Gasteiger partial charge in [0, 0.05) is 24.9 Å². The molecule has 1 aromatic heterocycles. The first kappa shape index (κ1) is 14.7. The summed E-state index contributed by atoms with van der Waals surface area (Å²) >= 11 is 0. The molecular weight excluding hydrogens is 258 g/mol. The molecule has 5 nitrogen and oxygen atoms in total. The third kappa shape index (κ3) is 4.46. The first-order valence-electron chi connectivity index (χ1n) is 5.31. The van der Waals surface area contributed by atoms with E-state index in [2.05, 4.69) is 4.98 Å². The fraction of sp³-hybridized carbons (Fsp3) is 0.250. The minimum atomic E-state index is -2.64. The van der Waals surface area contributed by atoms with Gasteiger partial charge in [-0.3, -0.25) is 9.78 Å². The SMILES string of the molecule is CN(CC(F)F)C(=O)c1ncccc1/C=C/C(=O)O. The van der Waals surface area contributed by atoms with E-state index in [9.17, 15) is 18.4 Å². The Kier molecular flexibility index (Phi) is 5.11. The molecule has 0 aliphatic rings. The molecule has 1 amide bonds. The Bertz CT molecular complexity index is 504. The minimum absolute atomic E-state index is 0.0665. The highest BCUT2D eigenvalue weighted by Gasteiger charge is 2.19. The molecule has 0 saturated carbocycles. The lowest BCUT2D eigenvalue weighted by molar-refractivity contribution is -0.131. The molecule has 1 aromatic rings. The molecule has 1 rings (SSSR count). The van der Waals surface area contributed by atoms with Gasteiger partial charge in [-0.05, 0) is 12.1 Å². The number of alkyl halides is 2. The monoisotopic (exact) mass is 270 g/mol. The Morgan fingerprint density at radius 2 is 2.21 bits per heavy atom. The van der Waals surface area contributed by atoms with Gasteiger partial charge in [0.15, 0.2) is 0 Å². The maximum atomic E-state index is 12.2. The fourth-order valence-electron chi connectivity index (χ4n) is 1.36. The number of carbonyl (C=O) groups is 2. The van der Waals surface area contributed by atoms with E-state index >= 15 is 0 Å². The van der Waals surface area contributed by atoms with Gasteiger partial charge in [-0.25, -0.2) is 13.6 Å². The number of carboxylic acid groups (broad SMARTS) is 1. The lowest BCUT2D eigenvalue weighted by Crippen LogP contribution is -2.32. The van der Waals surface area contributed by atoms with Gasteiger partial charge in [0.05, 0.1) is 6.54 Å². The van der Waals surface area contributed by atoms with Crippen molar-refractivity contribution in [1.29, 1.82) is 0 Å². The summed E-state index contributed by atoms with van der Waals surface area (Å²) in [5, 5.41) is 8.53. The lowest BCUT2D eigenvalue weighted by Gasteiger charge is -2.16. The first-order chi connectivity index (χ1) is 8.91. The van der Waals surface area contributed by atoms with Crippen LogP contribution in [0.3, 0.4) is 0 Å². The van der Waals surface area contributed by atoms with Crippen LogP contribution in [0.15, 0.2) is 24.4 Å². The normalized spacial score (nSPS) is 10.9. The van der Waals surface area contributed by atoms with Crippen molar-refractivity contribution in [3.05, 3.63) is 35.7 Å². The van der Waals surface area contributed by atoms with E-state index in [-0.39, 0.29) is 11.3 Å². The quantitative estimate of drug-likeness (QED) is 0.823. The summed E-state index contributed by atoms with van der Waals surface area (Å²) in [7, 11) is 1.23. The Balaban J connectivity index is 2.99. The van der Waals surface area contributed by atoms with Crippen LogP contribution < -0.4 is 0 Å². The topological polar surface area (TPSA) is 70.5 Å². The maximum absolute atomic E-state index is 12.2. The number of carbonyl (C=O) groups excluding carboxylic acids is 1. The van der Waals surface area contributed by atoms with Crippen molar-refractivity contribution in [2.75, 3.05) is 13.6 Å². The predicted octanol–water partition coefficient (Wildman–Crippen LogP) is 1.52. The van der Waals surface area contributed by atoms with Gasteiger partial charge in [0.2, 0.25) is 0 Å². The van der Waals surface area contributed by atoms with Gasteiger partial charge in [-0.1, -0.05) is 6.07 Å². The Morgan fingerprint density at radius 1 is 1.53 bits per heavy atom. The number of hydrogen-bond acceptors (Lipinski definition) is 3. The summed E-state index contributed by atoms with van der Waals surface area (Å²) in [5.41, 5.74) is 0.194. The van der Waals surface area contributed by atoms with Crippen molar-refractivity contribution in [3.8, 4) is 0 Å².